The lowest BCUT2D eigenvalue weighted by atomic mass is 10.1. The molecule has 0 heterocycles. The van der Waals surface area contributed by atoms with Crippen LogP contribution in [0.5, 0.6) is 11.5 Å². The molecule has 0 saturated heterocycles. The molecule has 0 aliphatic heterocycles. The van der Waals surface area contributed by atoms with Crippen LogP contribution < -0.4 is 14.8 Å². The molecule has 2 aromatic carbocycles. The molecule has 0 aliphatic carbocycles. The lowest BCUT2D eigenvalue weighted by Gasteiger charge is -2.15. The van der Waals surface area contributed by atoms with Crippen LogP contribution in [0.2, 0.25) is 0 Å². The van der Waals surface area contributed by atoms with E-state index in [0.717, 1.165) is 33.6 Å². The summed E-state index contributed by atoms with van der Waals surface area (Å²) in [5, 5.41) is 3.43. The fourth-order valence-corrected chi connectivity index (χ4v) is 2.49. The number of benzene rings is 2. The quantitative estimate of drug-likeness (QED) is 0.852. The molecule has 2 rings (SSSR count). The first-order chi connectivity index (χ1) is 10.1. The molecule has 0 aliphatic rings. The van der Waals surface area contributed by atoms with Crippen molar-refractivity contribution in [2.75, 3.05) is 14.2 Å². The molecule has 0 unspecified atom stereocenters. The van der Waals surface area contributed by atoms with Gasteiger partial charge in [0.25, 0.3) is 0 Å². The van der Waals surface area contributed by atoms with Crippen molar-refractivity contribution in [1.82, 2.24) is 5.32 Å². The van der Waals surface area contributed by atoms with Gasteiger partial charge in [0.1, 0.15) is 11.5 Å². The summed E-state index contributed by atoms with van der Waals surface area (Å²) >= 11 is 3.44. The molecule has 21 heavy (non-hydrogen) atoms. The third-order valence-electron chi connectivity index (χ3n) is 3.30. The van der Waals surface area contributed by atoms with Crippen LogP contribution in [0.25, 0.3) is 0 Å². The van der Waals surface area contributed by atoms with E-state index in [1.807, 2.05) is 31.2 Å². The van der Waals surface area contributed by atoms with Crippen molar-refractivity contribution in [2.45, 2.75) is 20.0 Å². The largest absolute Gasteiger partial charge is 0.496 e. The molecule has 0 spiro atoms. The SMILES string of the molecule is COc1cc(C)cc(OC)c1CNCc1ccc(Br)cc1. The number of nitrogens with one attached hydrogen (secondary N) is 1. The Labute approximate surface area is 134 Å². The van der Waals surface area contributed by atoms with Gasteiger partial charge in [-0.1, -0.05) is 28.1 Å². The molecule has 2 aromatic rings. The second kappa shape index (κ2) is 7.48. The van der Waals surface area contributed by atoms with Crippen LogP contribution in [0.3, 0.4) is 0 Å². The minimum atomic E-state index is 0.697. The Bertz CT molecular complexity index is 571. The zero-order chi connectivity index (χ0) is 15.2. The second-order valence-electron chi connectivity index (χ2n) is 4.88. The lowest BCUT2D eigenvalue weighted by Crippen LogP contribution is -2.14. The zero-order valence-corrected chi connectivity index (χ0v) is 14.2. The Balaban J connectivity index is 2.07. The highest BCUT2D eigenvalue weighted by molar-refractivity contribution is 9.10. The molecule has 1 N–H and O–H groups in total. The number of methoxy groups -OCH3 is 2. The Hall–Kier alpha value is -1.52. The molecule has 4 heteroatoms. The van der Waals surface area contributed by atoms with E-state index in [1.54, 1.807) is 14.2 Å². The van der Waals surface area contributed by atoms with Crippen molar-refractivity contribution in [3.8, 4) is 11.5 Å². The molecule has 3 nitrogen and oxygen atoms in total. The van der Waals surface area contributed by atoms with Gasteiger partial charge in [-0.25, -0.2) is 0 Å². The summed E-state index contributed by atoms with van der Waals surface area (Å²) in [6, 6.07) is 12.3. The van der Waals surface area contributed by atoms with Gasteiger partial charge in [0.2, 0.25) is 0 Å². The van der Waals surface area contributed by atoms with Gasteiger partial charge < -0.3 is 14.8 Å². The Kier molecular flexibility index (Phi) is 5.65. The monoisotopic (exact) mass is 349 g/mol. The van der Waals surface area contributed by atoms with Crippen LogP contribution in [0.15, 0.2) is 40.9 Å². The first-order valence-corrected chi connectivity index (χ1v) is 7.60. The number of hydrogen-bond acceptors (Lipinski definition) is 3. The first kappa shape index (κ1) is 15.9. The number of rotatable bonds is 6. The Morgan fingerprint density at radius 2 is 1.52 bits per heavy atom. The predicted molar refractivity (Wildman–Crippen MR) is 89.0 cm³/mol. The van der Waals surface area contributed by atoms with E-state index in [0.29, 0.717) is 6.54 Å². The standard InChI is InChI=1S/C17H20BrNO2/c1-12-8-16(20-2)15(17(9-12)21-3)11-19-10-13-4-6-14(18)7-5-13/h4-9,19H,10-11H2,1-3H3. The second-order valence-corrected chi connectivity index (χ2v) is 5.79. The van der Waals surface area contributed by atoms with Gasteiger partial charge in [-0.2, -0.15) is 0 Å². The van der Waals surface area contributed by atoms with Gasteiger partial charge in [0, 0.05) is 23.1 Å². The normalized spacial score (nSPS) is 10.5. The Morgan fingerprint density at radius 3 is 2.05 bits per heavy atom. The molecule has 0 radical (unpaired) electrons. The maximum absolute atomic E-state index is 5.46. The maximum Gasteiger partial charge on any atom is 0.127 e. The van der Waals surface area contributed by atoms with Crippen LogP contribution in [-0.2, 0) is 13.1 Å². The maximum atomic E-state index is 5.46. The third-order valence-corrected chi connectivity index (χ3v) is 3.83. The minimum absolute atomic E-state index is 0.697. The average Bonchev–Trinajstić information content (AvgIpc) is 2.49. The summed E-state index contributed by atoms with van der Waals surface area (Å²) in [4.78, 5) is 0. The fraction of sp³-hybridized carbons (Fsp3) is 0.294. The molecule has 0 atom stereocenters. The summed E-state index contributed by atoms with van der Waals surface area (Å²) in [6.45, 7) is 3.53. The first-order valence-electron chi connectivity index (χ1n) is 6.80. The highest BCUT2D eigenvalue weighted by atomic mass is 79.9. The molecule has 0 fully saturated rings. The summed E-state index contributed by atoms with van der Waals surface area (Å²) < 4.78 is 12.0. The van der Waals surface area contributed by atoms with Gasteiger partial charge in [-0.15, -0.1) is 0 Å². The highest BCUT2D eigenvalue weighted by Crippen LogP contribution is 2.30. The minimum Gasteiger partial charge on any atom is -0.496 e. The lowest BCUT2D eigenvalue weighted by molar-refractivity contribution is 0.381. The van der Waals surface area contributed by atoms with E-state index in [-0.39, 0.29) is 0 Å². The summed E-state index contributed by atoms with van der Waals surface area (Å²) in [7, 11) is 3.37. The highest BCUT2D eigenvalue weighted by Gasteiger charge is 2.10. The van der Waals surface area contributed by atoms with E-state index in [9.17, 15) is 0 Å². The summed E-state index contributed by atoms with van der Waals surface area (Å²) in [6.07, 6.45) is 0. The molecule has 0 aromatic heterocycles. The molecule has 112 valence electrons. The number of aryl methyl sites for hydroxylation is 1. The van der Waals surface area contributed by atoms with E-state index in [4.69, 9.17) is 9.47 Å². The Morgan fingerprint density at radius 1 is 0.952 bits per heavy atom. The van der Waals surface area contributed by atoms with Crippen molar-refractivity contribution < 1.29 is 9.47 Å². The number of ether oxygens (including phenoxy) is 2. The molecular formula is C17H20BrNO2. The average molecular weight is 350 g/mol. The van der Waals surface area contributed by atoms with E-state index in [1.165, 1.54) is 5.56 Å². The predicted octanol–water partition coefficient (Wildman–Crippen LogP) is 4.06. The van der Waals surface area contributed by atoms with Gasteiger partial charge in [-0.05, 0) is 42.3 Å². The third kappa shape index (κ3) is 4.22. The van der Waals surface area contributed by atoms with Gasteiger partial charge in [-0.3, -0.25) is 0 Å². The van der Waals surface area contributed by atoms with Gasteiger partial charge >= 0.3 is 0 Å². The molecular weight excluding hydrogens is 330 g/mol. The van der Waals surface area contributed by atoms with E-state index >= 15 is 0 Å². The van der Waals surface area contributed by atoms with E-state index in [2.05, 4.69) is 33.4 Å². The van der Waals surface area contributed by atoms with Crippen LogP contribution >= 0.6 is 15.9 Å². The fourth-order valence-electron chi connectivity index (χ4n) is 2.22. The number of halogens is 1. The van der Waals surface area contributed by atoms with Crippen LogP contribution in [0.4, 0.5) is 0 Å². The van der Waals surface area contributed by atoms with Crippen molar-refractivity contribution in [3.05, 3.63) is 57.6 Å². The van der Waals surface area contributed by atoms with Gasteiger partial charge in [0.15, 0.2) is 0 Å². The molecule has 0 bridgehead atoms. The summed E-state index contributed by atoms with van der Waals surface area (Å²) in [5.41, 5.74) is 3.41. The number of hydrogen-bond donors (Lipinski definition) is 1. The van der Waals surface area contributed by atoms with Crippen LogP contribution in [0.1, 0.15) is 16.7 Å². The van der Waals surface area contributed by atoms with Crippen molar-refractivity contribution >= 4 is 15.9 Å². The zero-order valence-electron chi connectivity index (χ0n) is 12.6. The van der Waals surface area contributed by atoms with Crippen molar-refractivity contribution in [1.29, 1.82) is 0 Å². The van der Waals surface area contributed by atoms with Crippen LogP contribution in [-0.4, -0.2) is 14.2 Å². The summed E-state index contributed by atoms with van der Waals surface area (Å²) in [5.74, 6) is 1.71. The molecule has 0 saturated carbocycles. The van der Waals surface area contributed by atoms with Crippen molar-refractivity contribution in [2.24, 2.45) is 0 Å². The van der Waals surface area contributed by atoms with Crippen LogP contribution in [0, 0.1) is 6.92 Å². The molecule has 0 amide bonds. The topological polar surface area (TPSA) is 30.5 Å². The van der Waals surface area contributed by atoms with Crippen molar-refractivity contribution in [3.63, 3.8) is 0 Å². The van der Waals surface area contributed by atoms with E-state index < -0.39 is 0 Å². The van der Waals surface area contributed by atoms with Gasteiger partial charge in [0.05, 0.1) is 14.2 Å². The smallest absolute Gasteiger partial charge is 0.127 e.